The van der Waals surface area contributed by atoms with Crippen LogP contribution in [-0.2, 0) is 16.1 Å². The molecule has 0 aliphatic carbocycles. The van der Waals surface area contributed by atoms with E-state index < -0.39 is 17.6 Å². The van der Waals surface area contributed by atoms with Crippen LogP contribution in [0, 0.1) is 12.7 Å². The monoisotopic (exact) mass is 433 g/mol. The zero-order valence-corrected chi connectivity index (χ0v) is 17.7. The Morgan fingerprint density at radius 3 is 2.28 bits per heavy atom. The van der Waals surface area contributed by atoms with Crippen molar-refractivity contribution in [3.8, 4) is 0 Å². The molecule has 0 saturated carbocycles. The standard InChI is InChI=1S/C25H24FN3O3/c1-18-6-5-9-22(14-18)28-23(30)15-27-24(31)17-29(16-19-7-3-2-4-8-19)25(32)20-10-12-21(26)13-11-20/h2-14H,15-17H2,1H3,(H,27,31)(H,28,30). The molecule has 0 atom stereocenters. The van der Waals surface area contributed by atoms with Gasteiger partial charge in [0.15, 0.2) is 0 Å². The molecule has 0 aliphatic rings. The summed E-state index contributed by atoms with van der Waals surface area (Å²) < 4.78 is 13.2. The van der Waals surface area contributed by atoms with E-state index in [9.17, 15) is 18.8 Å². The fourth-order valence-corrected chi connectivity index (χ4v) is 3.11. The first-order valence-electron chi connectivity index (χ1n) is 10.1. The van der Waals surface area contributed by atoms with Gasteiger partial charge >= 0.3 is 0 Å². The lowest BCUT2D eigenvalue weighted by atomic mass is 10.1. The molecule has 3 amide bonds. The van der Waals surface area contributed by atoms with Gasteiger partial charge in [-0.15, -0.1) is 0 Å². The molecule has 3 aromatic carbocycles. The third-order valence-electron chi connectivity index (χ3n) is 4.68. The lowest BCUT2D eigenvalue weighted by Gasteiger charge is -2.22. The van der Waals surface area contributed by atoms with Crippen LogP contribution >= 0.6 is 0 Å². The molecule has 0 spiro atoms. The Hall–Kier alpha value is -4.00. The van der Waals surface area contributed by atoms with E-state index in [1.165, 1.54) is 29.2 Å². The Kier molecular flexibility index (Phi) is 7.70. The third-order valence-corrected chi connectivity index (χ3v) is 4.68. The number of rotatable bonds is 8. The van der Waals surface area contributed by atoms with Gasteiger partial charge in [-0.2, -0.15) is 0 Å². The molecule has 0 aliphatic heterocycles. The summed E-state index contributed by atoms with van der Waals surface area (Å²) in [7, 11) is 0. The van der Waals surface area contributed by atoms with E-state index in [-0.39, 0.29) is 31.1 Å². The number of nitrogens with zero attached hydrogens (tertiary/aromatic N) is 1. The zero-order valence-electron chi connectivity index (χ0n) is 17.7. The largest absolute Gasteiger partial charge is 0.345 e. The predicted molar refractivity (Wildman–Crippen MR) is 120 cm³/mol. The van der Waals surface area contributed by atoms with E-state index in [4.69, 9.17) is 0 Å². The van der Waals surface area contributed by atoms with Crippen LogP contribution in [0.15, 0.2) is 78.9 Å². The summed E-state index contributed by atoms with van der Waals surface area (Å²) in [5, 5.41) is 5.26. The second kappa shape index (κ2) is 10.9. The van der Waals surface area contributed by atoms with Crippen LogP contribution in [0.5, 0.6) is 0 Å². The van der Waals surface area contributed by atoms with Gasteiger partial charge in [0.05, 0.1) is 6.54 Å². The minimum absolute atomic E-state index is 0.194. The molecule has 164 valence electrons. The topological polar surface area (TPSA) is 78.5 Å². The lowest BCUT2D eigenvalue weighted by molar-refractivity contribution is -0.124. The van der Waals surface area contributed by atoms with Crippen molar-refractivity contribution in [3.05, 3.63) is 101 Å². The minimum atomic E-state index is -0.476. The fourth-order valence-electron chi connectivity index (χ4n) is 3.11. The van der Waals surface area contributed by atoms with Gasteiger partial charge in [-0.25, -0.2) is 4.39 Å². The molecule has 0 heterocycles. The maximum atomic E-state index is 13.2. The van der Waals surface area contributed by atoms with Crippen LogP contribution in [-0.4, -0.2) is 35.7 Å². The second-order valence-corrected chi connectivity index (χ2v) is 7.35. The number of hydrogen-bond donors (Lipinski definition) is 2. The average Bonchev–Trinajstić information content (AvgIpc) is 2.78. The zero-order chi connectivity index (χ0) is 22.9. The summed E-state index contributed by atoms with van der Waals surface area (Å²) in [5.74, 6) is -1.71. The van der Waals surface area contributed by atoms with Crippen molar-refractivity contribution < 1.29 is 18.8 Å². The van der Waals surface area contributed by atoms with Gasteiger partial charge in [-0.1, -0.05) is 42.5 Å². The van der Waals surface area contributed by atoms with Crippen LogP contribution in [0.2, 0.25) is 0 Å². The Morgan fingerprint density at radius 2 is 1.59 bits per heavy atom. The highest BCUT2D eigenvalue weighted by molar-refractivity contribution is 5.98. The Bertz CT molecular complexity index is 1090. The van der Waals surface area contributed by atoms with Gasteiger partial charge in [-0.3, -0.25) is 14.4 Å². The van der Waals surface area contributed by atoms with Crippen molar-refractivity contribution in [1.82, 2.24) is 10.2 Å². The van der Waals surface area contributed by atoms with E-state index in [0.29, 0.717) is 5.69 Å². The molecule has 0 fully saturated rings. The molecule has 6 nitrogen and oxygen atoms in total. The minimum Gasteiger partial charge on any atom is -0.345 e. The van der Waals surface area contributed by atoms with Crippen LogP contribution < -0.4 is 10.6 Å². The second-order valence-electron chi connectivity index (χ2n) is 7.35. The Morgan fingerprint density at radius 1 is 0.875 bits per heavy atom. The van der Waals surface area contributed by atoms with E-state index in [1.807, 2.05) is 55.5 Å². The van der Waals surface area contributed by atoms with E-state index in [2.05, 4.69) is 10.6 Å². The number of benzene rings is 3. The maximum absolute atomic E-state index is 13.2. The van der Waals surface area contributed by atoms with Crippen molar-refractivity contribution in [3.63, 3.8) is 0 Å². The smallest absolute Gasteiger partial charge is 0.254 e. The number of carbonyl (C=O) groups is 3. The molecule has 0 radical (unpaired) electrons. The maximum Gasteiger partial charge on any atom is 0.254 e. The summed E-state index contributed by atoms with van der Waals surface area (Å²) in [5.41, 5.74) is 2.75. The summed E-state index contributed by atoms with van der Waals surface area (Å²) in [6.45, 7) is 1.64. The van der Waals surface area contributed by atoms with Crippen molar-refractivity contribution in [1.29, 1.82) is 0 Å². The first-order chi connectivity index (χ1) is 15.4. The van der Waals surface area contributed by atoms with Gasteiger partial charge < -0.3 is 15.5 Å². The summed E-state index contributed by atoms with van der Waals surface area (Å²) in [6.07, 6.45) is 0. The molecule has 0 bridgehead atoms. The van der Waals surface area contributed by atoms with Gasteiger partial charge in [-0.05, 0) is 54.4 Å². The molecular formula is C25H24FN3O3. The summed E-state index contributed by atoms with van der Waals surface area (Å²) >= 11 is 0. The predicted octanol–water partition coefficient (Wildman–Crippen LogP) is 3.53. The van der Waals surface area contributed by atoms with Crippen LogP contribution in [0.4, 0.5) is 10.1 Å². The van der Waals surface area contributed by atoms with E-state index in [0.717, 1.165) is 11.1 Å². The van der Waals surface area contributed by atoms with E-state index >= 15 is 0 Å². The van der Waals surface area contributed by atoms with Crippen molar-refractivity contribution in [2.24, 2.45) is 0 Å². The van der Waals surface area contributed by atoms with Gasteiger partial charge in [0, 0.05) is 17.8 Å². The summed E-state index contributed by atoms with van der Waals surface area (Å²) in [6, 6.07) is 21.7. The highest BCUT2D eigenvalue weighted by Crippen LogP contribution is 2.12. The Labute approximate surface area is 186 Å². The molecular weight excluding hydrogens is 409 g/mol. The lowest BCUT2D eigenvalue weighted by Crippen LogP contribution is -2.42. The van der Waals surface area contributed by atoms with Gasteiger partial charge in [0.1, 0.15) is 12.4 Å². The number of nitrogens with one attached hydrogen (secondary N) is 2. The molecule has 0 saturated heterocycles. The van der Waals surface area contributed by atoms with Crippen molar-refractivity contribution >= 4 is 23.4 Å². The number of amides is 3. The number of hydrogen-bond acceptors (Lipinski definition) is 3. The molecule has 7 heteroatoms. The molecule has 2 N–H and O–H groups in total. The number of halogens is 1. The quantitative estimate of drug-likeness (QED) is 0.571. The van der Waals surface area contributed by atoms with Crippen LogP contribution in [0.3, 0.4) is 0 Å². The average molecular weight is 433 g/mol. The molecule has 0 aromatic heterocycles. The SMILES string of the molecule is Cc1cccc(NC(=O)CNC(=O)CN(Cc2ccccc2)C(=O)c2ccc(F)cc2)c1. The normalized spacial score (nSPS) is 10.3. The number of carbonyl (C=O) groups excluding carboxylic acids is 3. The number of aryl methyl sites for hydroxylation is 1. The molecule has 3 aromatic rings. The first-order valence-corrected chi connectivity index (χ1v) is 10.1. The van der Waals surface area contributed by atoms with Gasteiger partial charge in [0.25, 0.3) is 5.91 Å². The highest BCUT2D eigenvalue weighted by atomic mass is 19.1. The van der Waals surface area contributed by atoms with Crippen LogP contribution in [0.25, 0.3) is 0 Å². The Balaban J connectivity index is 1.62. The van der Waals surface area contributed by atoms with Gasteiger partial charge in [0.2, 0.25) is 11.8 Å². The summed E-state index contributed by atoms with van der Waals surface area (Å²) in [4.78, 5) is 39.0. The highest BCUT2D eigenvalue weighted by Gasteiger charge is 2.20. The third kappa shape index (κ3) is 6.77. The first kappa shape index (κ1) is 22.7. The molecule has 32 heavy (non-hydrogen) atoms. The van der Waals surface area contributed by atoms with Crippen molar-refractivity contribution in [2.45, 2.75) is 13.5 Å². The van der Waals surface area contributed by atoms with Crippen LogP contribution in [0.1, 0.15) is 21.5 Å². The fraction of sp³-hybridized carbons (Fsp3) is 0.160. The van der Waals surface area contributed by atoms with Crippen molar-refractivity contribution in [2.75, 3.05) is 18.4 Å². The van der Waals surface area contributed by atoms with E-state index in [1.54, 1.807) is 6.07 Å². The number of anilines is 1. The molecule has 3 rings (SSSR count). The molecule has 0 unspecified atom stereocenters.